The summed E-state index contributed by atoms with van der Waals surface area (Å²) in [6, 6.07) is 0. The monoisotopic (exact) mass is 1330 g/mol. The first-order chi connectivity index (χ1) is 43.9. The minimum atomic E-state index is -4.97. The van der Waals surface area contributed by atoms with E-state index in [1.165, 1.54) is 96.3 Å². The van der Waals surface area contributed by atoms with Gasteiger partial charge < -0.3 is 33.8 Å². The highest BCUT2D eigenvalue weighted by Gasteiger charge is 2.30. The predicted molar refractivity (Wildman–Crippen MR) is 367 cm³/mol. The molecular weight excluding hydrogens is 1200 g/mol. The third-order valence-corrected chi connectivity index (χ3v) is 17.4. The number of carbonyl (C=O) groups is 4. The minimum absolute atomic E-state index is 0.0777. The molecule has 0 rings (SSSR count). The second kappa shape index (κ2) is 63.1. The van der Waals surface area contributed by atoms with Crippen LogP contribution in [0, 0.1) is 11.8 Å². The Kier molecular flexibility index (Phi) is 61.0. The first-order valence-electron chi connectivity index (χ1n) is 36.1. The Hall–Kier alpha value is -2.98. The van der Waals surface area contributed by atoms with Crippen molar-refractivity contribution in [3.8, 4) is 0 Å². The topological polar surface area (TPSA) is 237 Å². The van der Waals surface area contributed by atoms with Gasteiger partial charge in [0.1, 0.15) is 19.3 Å². The van der Waals surface area contributed by atoms with E-state index in [2.05, 4.69) is 90.2 Å². The molecule has 0 aromatic rings. The molecule has 0 aromatic heterocycles. The summed E-state index contributed by atoms with van der Waals surface area (Å²) in [6.07, 6.45) is 54.5. The lowest BCUT2D eigenvalue weighted by Gasteiger charge is -2.21. The predicted octanol–water partition coefficient (Wildman–Crippen LogP) is 19.9. The number of rotatable bonds is 67. The average Bonchev–Trinajstić information content (AvgIpc) is 2.22. The fraction of sp³-hybridized carbons (Fsp3) is 0.833. The molecule has 3 N–H and O–H groups in total. The number of unbranched alkanes of at least 4 members (excludes halogenated alkanes) is 31. The maximum Gasteiger partial charge on any atom is 0.472 e. The van der Waals surface area contributed by atoms with Gasteiger partial charge in [-0.1, -0.05) is 264 Å². The Labute approximate surface area is 553 Å². The van der Waals surface area contributed by atoms with Crippen LogP contribution < -0.4 is 0 Å². The van der Waals surface area contributed by atoms with Crippen molar-refractivity contribution in [2.75, 3.05) is 39.6 Å². The fourth-order valence-electron chi connectivity index (χ4n) is 9.87. The Morgan fingerprint density at radius 1 is 0.341 bits per heavy atom. The molecular formula is C72H132O17P2. The smallest absolute Gasteiger partial charge is 0.462 e. The molecule has 532 valence electrons. The number of hydrogen-bond donors (Lipinski definition) is 3. The van der Waals surface area contributed by atoms with Crippen molar-refractivity contribution in [2.24, 2.45) is 11.8 Å². The van der Waals surface area contributed by atoms with Crippen LogP contribution in [0.3, 0.4) is 0 Å². The molecule has 0 spiro atoms. The van der Waals surface area contributed by atoms with Crippen molar-refractivity contribution >= 4 is 39.5 Å². The van der Waals surface area contributed by atoms with E-state index in [0.717, 1.165) is 134 Å². The molecule has 0 aromatic carbocycles. The highest BCUT2D eigenvalue weighted by Crippen LogP contribution is 2.45. The first-order valence-corrected chi connectivity index (χ1v) is 39.1. The lowest BCUT2D eigenvalue weighted by molar-refractivity contribution is -0.161. The number of aliphatic hydroxyl groups is 1. The summed E-state index contributed by atoms with van der Waals surface area (Å²) in [6.45, 7) is 9.32. The summed E-state index contributed by atoms with van der Waals surface area (Å²) in [5, 5.41) is 10.6. The van der Waals surface area contributed by atoms with Crippen LogP contribution >= 0.6 is 15.6 Å². The third kappa shape index (κ3) is 65.5. The molecule has 0 saturated carbocycles. The highest BCUT2D eigenvalue weighted by atomic mass is 31.2. The van der Waals surface area contributed by atoms with Crippen LogP contribution in [0.4, 0.5) is 0 Å². The number of phosphoric acid groups is 2. The summed E-state index contributed by atoms with van der Waals surface area (Å²) in [7, 11) is -9.93. The Morgan fingerprint density at radius 3 is 0.890 bits per heavy atom. The van der Waals surface area contributed by atoms with Crippen molar-refractivity contribution < 1.29 is 80.2 Å². The summed E-state index contributed by atoms with van der Waals surface area (Å²) in [4.78, 5) is 72.5. The Bertz CT molecular complexity index is 1960. The molecule has 0 aliphatic heterocycles. The van der Waals surface area contributed by atoms with Crippen molar-refractivity contribution in [1.82, 2.24) is 0 Å². The standard InChI is InChI=1S/C72H132O17P2/c1-7-9-11-13-15-17-19-21-23-25-27-29-36-42-48-54-69(74)82-60-67(88-71(76)56-50-44-38-30-28-26-24-22-20-18-16-14-12-10-8-2)62-86-90(78,79)84-58-66(73)59-85-91(80,81)87-63-68(89-72(77)57-51-45-39-33-35-41-47-53-65(5)6)61-83-70(75)55-49-43-37-32-31-34-40-46-52-64(3)4/h17-24,64-68,73H,7-16,25-63H2,1-6H3,(H,78,79)(H,80,81)/b19-17-,20-18-,23-21-,24-22-/t66?,67-,68-/m1/s1. The minimum Gasteiger partial charge on any atom is -0.462 e. The van der Waals surface area contributed by atoms with E-state index in [4.69, 9.17) is 37.0 Å². The number of carbonyl (C=O) groups excluding carboxylic acids is 4. The Morgan fingerprint density at radius 2 is 0.593 bits per heavy atom. The molecule has 0 bridgehead atoms. The molecule has 5 atom stereocenters. The largest absolute Gasteiger partial charge is 0.472 e. The van der Waals surface area contributed by atoms with Gasteiger partial charge in [-0.15, -0.1) is 0 Å². The van der Waals surface area contributed by atoms with Crippen LogP contribution in [0.5, 0.6) is 0 Å². The zero-order valence-corrected chi connectivity index (χ0v) is 59.9. The van der Waals surface area contributed by atoms with Crippen molar-refractivity contribution in [3.05, 3.63) is 48.6 Å². The number of aliphatic hydroxyl groups excluding tert-OH is 1. The van der Waals surface area contributed by atoms with Crippen molar-refractivity contribution in [3.63, 3.8) is 0 Å². The molecule has 0 fully saturated rings. The van der Waals surface area contributed by atoms with Gasteiger partial charge in [-0.3, -0.25) is 37.3 Å². The first kappa shape index (κ1) is 88.0. The van der Waals surface area contributed by atoms with E-state index in [-0.39, 0.29) is 25.7 Å². The van der Waals surface area contributed by atoms with Crippen LogP contribution in [0.25, 0.3) is 0 Å². The summed E-state index contributed by atoms with van der Waals surface area (Å²) >= 11 is 0. The van der Waals surface area contributed by atoms with Crippen LogP contribution in [0.15, 0.2) is 48.6 Å². The van der Waals surface area contributed by atoms with E-state index < -0.39 is 97.5 Å². The van der Waals surface area contributed by atoms with Crippen molar-refractivity contribution in [2.45, 2.75) is 336 Å². The maximum absolute atomic E-state index is 13.0. The lowest BCUT2D eigenvalue weighted by atomic mass is 10.0. The number of phosphoric ester groups is 2. The molecule has 0 saturated heterocycles. The van der Waals surface area contributed by atoms with Gasteiger partial charge in [0.25, 0.3) is 0 Å². The maximum atomic E-state index is 13.0. The van der Waals surface area contributed by atoms with Gasteiger partial charge in [0.2, 0.25) is 0 Å². The highest BCUT2D eigenvalue weighted by molar-refractivity contribution is 7.47. The van der Waals surface area contributed by atoms with Crippen LogP contribution in [-0.4, -0.2) is 96.7 Å². The van der Waals surface area contributed by atoms with Gasteiger partial charge in [-0.2, -0.15) is 0 Å². The summed E-state index contributed by atoms with van der Waals surface area (Å²) in [5.41, 5.74) is 0. The lowest BCUT2D eigenvalue weighted by Crippen LogP contribution is -2.30. The van der Waals surface area contributed by atoms with E-state index in [0.29, 0.717) is 31.6 Å². The molecule has 0 heterocycles. The van der Waals surface area contributed by atoms with Crippen LogP contribution in [-0.2, 0) is 65.4 Å². The number of hydrogen-bond acceptors (Lipinski definition) is 15. The second-order valence-corrected chi connectivity index (χ2v) is 28.5. The zero-order valence-electron chi connectivity index (χ0n) is 58.1. The summed E-state index contributed by atoms with van der Waals surface area (Å²) in [5.74, 6) is -0.771. The second-order valence-electron chi connectivity index (χ2n) is 25.6. The Balaban J connectivity index is 5.32. The summed E-state index contributed by atoms with van der Waals surface area (Å²) < 4.78 is 68.2. The normalized spacial score (nSPS) is 14.5. The molecule has 0 radical (unpaired) electrons. The van der Waals surface area contributed by atoms with Crippen LogP contribution in [0.1, 0.15) is 318 Å². The molecule has 19 heteroatoms. The van der Waals surface area contributed by atoms with Gasteiger partial charge in [-0.05, 0) is 88.9 Å². The quantitative estimate of drug-likeness (QED) is 0.0169. The number of esters is 4. The van der Waals surface area contributed by atoms with Crippen LogP contribution in [0.2, 0.25) is 0 Å². The zero-order chi connectivity index (χ0) is 67.2. The molecule has 91 heavy (non-hydrogen) atoms. The van der Waals surface area contributed by atoms with Gasteiger partial charge in [0.15, 0.2) is 12.2 Å². The average molecular weight is 1330 g/mol. The molecule has 0 amide bonds. The van der Waals surface area contributed by atoms with Gasteiger partial charge in [0, 0.05) is 25.7 Å². The van der Waals surface area contributed by atoms with E-state index in [1.807, 2.05) is 0 Å². The molecule has 17 nitrogen and oxygen atoms in total. The third-order valence-electron chi connectivity index (χ3n) is 15.5. The van der Waals surface area contributed by atoms with E-state index in [9.17, 15) is 43.2 Å². The fourth-order valence-corrected chi connectivity index (χ4v) is 11.4. The van der Waals surface area contributed by atoms with Gasteiger partial charge >= 0.3 is 39.5 Å². The molecule has 0 aliphatic carbocycles. The van der Waals surface area contributed by atoms with E-state index >= 15 is 0 Å². The van der Waals surface area contributed by atoms with E-state index in [1.54, 1.807) is 0 Å². The molecule has 0 aliphatic rings. The number of ether oxygens (including phenoxy) is 4. The van der Waals surface area contributed by atoms with Gasteiger partial charge in [0.05, 0.1) is 26.4 Å². The SMILES string of the molecule is CCCCCC/C=C\C=C/CCCCCCCC(=O)OC[C@H](COP(=O)(O)OCC(O)COP(=O)(O)OC[C@@H](COC(=O)CCCCCCCCCCC(C)C)OC(=O)CCCCCCCCCC(C)C)OC(=O)CCCCCCC/C=C\C=C/CCCCCC. The molecule has 3 unspecified atom stereocenters. The van der Waals surface area contributed by atoms with Crippen molar-refractivity contribution in [1.29, 1.82) is 0 Å². The number of allylic oxidation sites excluding steroid dienone is 8. The van der Waals surface area contributed by atoms with Gasteiger partial charge in [-0.25, -0.2) is 9.13 Å².